The maximum atomic E-state index is 11.6. The molecule has 1 aliphatic heterocycles. The van der Waals surface area contributed by atoms with Crippen LogP contribution < -0.4 is 15.8 Å². The zero-order valence-corrected chi connectivity index (χ0v) is 12.5. The van der Waals surface area contributed by atoms with E-state index in [-0.39, 0.29) is 4.90 Å². The van der Waals surface area contributed by atoms with Crippen LogP contribution in [0.15, 0.2) is 29.2 Å². The van der Waals surface area contributed by atoms with Crippen LogP contribution in [0.1, 0.15) is 6.92 Å². The molecule has 1 heterocycles. The van der Waals surface area contributed by atoms with Crippen LogP contribution in [0.4, 0.5) is 5.69 Å². The van der Waals surface area contributed by atoms with Crippen molar-refractivity contribution in [3.63, 3.8) is 0 Å². The number of primary sulfonamides is 1. The minimum Gasteiger partial charge on any atom is -0.368 e. The second-order valence-corrected chi connectivity index (χ2v) is 6.65. The van der Waals surface area contributed by atoms with Gasteiger partial charge < -0.3 is 10.6 Å². The molecule has 7 heteroatoms. The second-order valence-electron chi connectivity index (χ2n) is 5.12. The van der Waals surface area contributed by atoms with Gasteiger partial charge in [-0.2, -0.15) is 0 Å². The van der Waals surface area contributed by atoms with Gasteiger partial charge in [-0.25, -0.2) is 13.6 Å². The average molecular weight is 298 g/mol. The van der Waals surface area contributed by atoms with Gasteiger partial charge in [0.2, 0.25) is 10.0 Å². The van der Waals surface area contributed by atoms with E-state index in [1.54, 1.807) is 12.1 Å². The molecule has 1 atom stereocenters. The Balaban J connectivity index is 2.16. The lowest BCUT2D eigenvalue weighted by atomic mass is 10.2. The molecule has 6 nitrogen and oxygen atoms in total. The van der Waals surface area contributed by atoms with E-state index < -0.39 is 10.0 Å². The highest BCUT2D eigenvalue weighted by atomic mass is 32.2. The van der Waals surface area contributed by atoms with E-state index in [9.17, 15) is 8.42 Å². The van der Waals surface area contributed by atoms with Gasteiger partial charge in [-0.3, -0.25) is 4.90 Å². The average Bonchev–Trinajstić information content (AvgIpc) is 2.46. The number of sulfonamides is 1. The first-order valence-corrected chi connectivity index (χ1v) is 8.29. The smallest absolute Gasteiger partial charge is 0.240 e. The Labute approximate surface area is 120 Å². The van der Waals surface area contributed by atoms with E-state index in [4.69, 9.17) is 10.9 Å². The van der Waals surface area contributed by atoms with Gasteiger partial charge in [0, 0.05) is 38.8 Å². The lowest BCUT2D eigenvalue weighted by Gasteiger charge is -2.39. The number of para-hydroxylation sites is 1. The zero-order chi connectivity index (χ0) is 14.8. The molecule has 0 saturated carbocycles. The van der Waals surface area contributed by atoms with E-state index in [0.717, 1.165) is 26.2 Å². The van der Waals surface area contributed by atoms with Crippen LogP contribution in [0.2, 0.25) is 0 Å². The Morgan fingerprint density at radius 3 is 2.35 bits per heavy atom. The predicted octanol–water partition coefficient (Wildman–Crippen LogP) is -0.197. The molecule has 1 unspecified atom stereocenters. The molecule has 20 heavy (non-hydrogen) atoms. The Kier molecular flexibility index (Phi) is 4.64. The quantitative estimate of drug-likeness (QED) is 0.803. The highest BCUT2D eigenvalue weighted by molar-refractivity contribution is 7.89. The summed E-state index contributed by atoms with van der Waals surface area (Å²) in [6.07, 6.45) is 0. The van der Waals surface area contributed by atoms with Gasteiger partial charge >= 0.3 is 0 Å². The second kappa shape index (κ2) is 6.09. The number of hydrogen-bond acceptors (Lipinski definition) is 5. The van der Waals surface area contributed by atoms with Gasteiger partial charge in [-0.15, -0.1) is 0 Å². The highest BCUT2D eigenvalue weighted by Crippen LogP contribution is 2.25. The molecule has 1 aromatic carbocycles. The van der Waals surface area contributed by atoms with E-state index in [0.29, 0.717) is 18.3 Å². The van der Waals surface area contributed by atoms with E-state index >= 15 is 0 Å². The van der Waals surface area contributed by atoms with Gasteiger partial charge in [0.25, 0.3) is 0 Å². The van der Waals surface area contributed by atoms with Crippen LogP contribution in [-0.2, 0) is 10.0 Å². The number of piperazine rings is 1. The third-order valence-corrected chi connectivity index (χ3v) is 4.75. The fraction of sp³-hybridized carbons (Fsp3) is 0.538. The molecule has 0 amide bonds. The summed E-state index contributed by atoms with van der Waals surface area (Å²) in [7, 11) is -3.69. The van der Waals surface area contributed by atoms with Gasteiger partial charge in [-0.05, 0) is 19.1 Å². The lowest BCUT2D eigenvalue weighted by Crippen LogP contribution is -2.51. The molecule has 1 aromatic rings. The lowest BCUT2D eigenvalue weighted by molar-refractivity contribution is 0.201. The van der Waals surface area contributed by atoms with Crippen molar-refractivity contribution in [2.75, 3.05) is 37.6 Å². The van der Waals surface area contributed by atoms with Crippen molar-refractivity contribution in [2.24, 2.45) is 10.9 Å². The van der Waals surface area contributed by atoms with Crippen molar-refractivity contribution in [3.05, 3.63) is 24.3 Å². The van der Waals surface area contributed by atoms with Crippen molar-refractivity contribution in [3.8, 4) is 0 Å². The van der Waals surface area contributed by atoms with Crippen molar-refractivity contribution >= 4 is 15.7 Å². The fourth-order valence-electron chi connectivity index (χ4n) is 2.51. The van der Waals surface area contributed by atoms with Crippen molar-refractivity contribution < 1.29 is 8.42 Å². The van der Waals surface area contributed by atoms with Gasteiger partial charge in [-0.1, -0.05) is 12.1 Å². The monoisotopic (exact) mass is 298 g/mol. The third-order valence-electron chi connectivity index (χ3n) is 3.79. The number of benzene rings is 1. The molecule has 112 valence electrons. The number of nitrogens with two attached hydrogens (primary N) is 2. The van der Waals surface area contributed by atoms with Crippen LogP contribution in [-0.4, -0.2) is 52.1 Å². The van der Waals surface area contributed by atoms with E-state index in [1.165, 1.54) is 0 Å². The van der Waals surface area contributed by atoms with Gasteiger partial charge in [0.1, 0.15) is 4.90 Å². The predicted molar refractivity (Wildman–Crippen MR) is 80.1 cm³/mol. The summed E-state index contributed by atoms with van der Waals surface area (Å²) in [5.41, 5.74) is 6.37. The maximum Gasteiger partial charge on any atom is 0.240 e. The van der Waals surface area contributed by atoms with Crippen molar-refractivity contribution in [1.29, 1.82) is 0 Å². The summed E-state index contributed by atoms with van der Waals surface area (Å²) in [5, 5.41) is 5.28. The number of nitrogens with zero attached hydrogens (tertiary/aromatic N) is 2. The molecule has 4 N–H and O–H groups in total. The van der Waals surface area contributed by atoms with Crippen LogP contribution in [0.25, 0.3) is 0 Å². The molecule has 1 aliphatic rings. The standard InChI is InChI=1S/C13H22N4O2S/c1-11(10-14)16-6-8-17(9-7-16)12-4-2-3-5-13(12)20(15,18)19/h2-5,11H,6-10,14H2,1H3,(H2,15,18,19). The molecule has 0 spiro atoms. The first-order valence-electron chi connectivity index (χ1n) is 6.74. The minimum atomic E-state index is -3.69. The molecular formula is C13H22N4O2S. The van der Waals surface area contributed by atoms with Crippen molar-refractivity contribution in [2.45, 2.75) is 17.9 Å². The fourth-order valence-corrected chi connectivity index (χ4v) is 3.27. The minimum absolute atomic E-state index is 0.195. The first kappa shape index (κ1) is 15.2. The normalized spacial score (nSPS) is 19.1. The van der Waals surface area contributed by atoms with Crippen LogP contribution in [0.3, 0.4) is 0 Å². The summed E-state index contributed by atoms with van der Waals surface area (Å²) >= 11 is 0. The van der Waals surface area contributed by atoms with Crippen molar-refractivity contribution in [1.82, 2.24) is 4.90 Å². The number of hydrogen-bond donors (Lipinski definition) is 2. The summed E-state index contributed by atoms with van der Waals surface area (Å²) < 4.78 is 23.3. The summed E-state index contributed by atoms with van der Waals surface area (Å²) in [4.78, 5) is 4.58. The summed E-state index contributed by atoms with van der Waals surface area (Å²) in [6, 6.07) is 7.24. The molecule has 1 fully saturated rings. The Hall–Kier alpha value is -1.15. The third kappa shape index (κ3) is 3.29. The largest absolute Gasteiger partial charge is 0.368 e. The Morgan fingerprint density at radius 2 is 1.80 bits per heavy atom. The van der Waals surface area contributed by atoms with Crippen LogP contribution in [0, 0.1) is 0 Å². The Bertz CT molecular complexity index is 553. The SMILES string of the molecule is CC(CN)N1CCN(c2ccccc2S(N)(=O)=O)CC1. The van der Waals surface area contributed by atoms with E-state index in [1.807, 2.05) is 12.1 Å². The molecule has 2 rings (SSSR count). The molecule has 0 bridgehead atoms. The number of rotatable bonds is 4. The molecule has 0 aliphatic carbocycles. The molecule has 1 saturated heterocycles. The zero-order valence-electron chi connectivity index (χ0n) is 11.7. The molecule has 0 radical (unpaired) electrons. The Morgan fingerprint density at radius 1 is 1.20 bits per heavy atom. The molecule has 0 aromatic heterocycles. The van der Waals surface area contributed by atoms with Gasteiger partial charge in [0.05, 0.1) is 5.69 Å². The highest BCUT2D eigenvalue weighted by Gasteiger charge is 2.24. The first-order chi connectivity index (χ1) is 9.43. The van der Waals surface area contributed by atoms with E-state index in [2.05, 4.69) is 16.7 Å². The summed E-state index contributed by atoms with van der Waals surface area (Å²) in [6.45, 7) is 6.03. The summed E-state index contributed by atoms with van der Waals surface area (Å²) in [5.74, 6) is 0. The van der Waals surface area contributed by atoms with Gasteiger partial charge in [0.15, 0.2) is 0 Å². The van der Waals surface area contributed by atoms with Crippen LogP contribution >= 0.6 is 0 Å². The number of anilines is 1. The van der Waals surface area contributed by atoms with Crippen LogP contribution in [0.5, 0.6) is 0 Å². The topological polar surface area (TPSA) is 92.7 Å². The maximum absolute atomic E-state index is 11.6. The molecular weight excluding hydrogens is 276 g/mol.